The van der Waals surface area contributed by atoms with Crippen LogP contribution in [0.3, 0.4) is 0 Å². The van der Waals surface area contributed by atoms with Crippen LogP contribution in [-0.2, 0) is 14.6 Å². The Balaban J connectivity index is 1.81. The topological polar surface area (TPSA) is 63.2 Å². The van der Waals surface area contributed by atoms with Crippen LogP contribution in [0.15, 0.2) is 89.8 Å². The molecular weight excluding hydrogens is 370 g/mol. The van der Waals surface area contributed by atoms with Crippen molar-refractivity contribution in [3.05, 3.63) is 96.1 Å². The summed E-state index contributed by atoms with van der Waals surface area (Å²) in [5.74, 6) is -0.220. The van der Waals surface area contributed by atoms with E-state index in [9.17, 15) is 13.2 Å². The monoisotopic (exact) mass is 393 g/mol. The Kier molecular flexibility index (Phi) is 6.26. The third-order valence-electron chi connectivity index (χ3n) is 4.65. The van der Waals surface area contributed by atoms with Gasteiger partial charge in [-0.2, -0.15) is 0 Å². The van der Waals surface area contributed by atoms with Crippen molar-refractivity contribution in [2.75, 3.05) is 11.1 Å². The van der Waals surface area contributed by atoms with Gasteiger partial charge in [-0.1, -0.05) is 73.7 Å². The van der Waals surface area contributed by atoms with Gasteiger partial charge in [0.2, 0.25) is 5.91 Å². The molecule has 0 bridgehead atoms. The van der Waals surface area contributed by atoms with Gasteiger partial charge < -0.3 is 5.32 Å². The minimum absolute atomic E-state index is 0.0223. The normalized spacial score (nSPS) is 11.4. The molecule has 4 nitrogen and oxygen atoms in total. The molecule has 28 heavy (non-hydrogen) atoms. The molecule has 5 heteroatoms. The molecule has 3 aromatic rings. The van der Waals surface area contributed by atoms with Crippen LogP contribution < -0.4 is 5.32 Å². The third kappa shape index (κ3) is 4.87. The van der Waals surface area contributed by atoms with E-state index in [2.05, 4.69) is 5.32 Å². The Labute approximate surface area is 166 Å². The number of carbonyl (C=O) groups excluding carboxylic acids is 1. The molecule has 0 fully saturated rings. The lowest BCUT2D eigenvalue weighted by atomic mass is 9.88. The van der Waals surface area contributed by atoms with Crippen LogP contribution in [-0.4, -0.2) is 20.1 Å². The number of hydrogen-bond donors (Lipinski definition) is 1. The fourth-order valence-electron chi connectivity index (χ4n) is 3.13. The van der Waals surface area contributed by atoms with E-state index in [0.717, 1.165) is 11.1 Å². The van der Waals surface area contributed by atoms with E-state index in [0.29, 0.717) is 5.69 Å². The summed E-state index contributed by atoms with van der Waals surface area (Å²) in [6.45, 7) is 1.60. The first-order chi connectivity index (χ1) is 13.5. The Morgan fingerprint density at radius 3 is 1.96 bits per heavy atom. The van der Waals surface area contributed by atoms with Crippen LogP contribution >= 0.6 is 0 Å². The maximum Gasteiger partial charge on any atom is 0.225 e. The zero-order valence-corrected chi connectivity index (χ0v) is 16.5. The van der Waals surface area contributed by atoms with Gasteiger partial charge in [0.15, 0.2) is 9.84 Å². The van der Waals surface area contributed by atoms with Gasteiger partial charge in [-0.15, -0.1) is 0 Å². The lowest BCUT2D eigenvalue weighted by Crippen LogP contribution is -2.17. The predicted octanol–water partition coefficient (Wildman–Crippen LogP) is 4.64. The molecular formula is C23H23NO3S. The van der Waals surface area contributed by atoms with Crippen molar-refractivity contribution < 1.29 is 13.2 Å². The maximum absolute atomic E-state index is 12.7. The molecule has 1 amide bonds. The minimum Gasteiger partial charge on any atom is -0.326 e. The summed E-state index contributed by atoms with van der Waals surface area (Å²) in [5, 5.41) is 2.85. The van der Waals surface area contributed by atoms with Gasteiger partial charge in [0.25, 0.3) is 0 Å². The molecule has 0 aliphatic carbocycles. The smallest absolute Gasteiger partial charge is 0.225 e. The Morgan fingerprint density at radius 1 is 0.857 bits per heavy atom. The van der Waals surface area contributed by atoms with Gasteiger partial charge >= 0.3 is 0 Å². The van der Waals surface area contributed by atoms with Crippen molar-refractivity contribution in [2.45, 2.75) is 24.2 Å². The fraction of sp³-hybridized carbons (Fsp3) is 0.174. The van der Waals surface area contributed by atoms with Gasteiger partial charge in [-0.05, 0) is 29.3 Å². The van der Waals surface area contributed by atoms with E-state index in [4.69, 9.17) is 0 Å². The SMILES string of the molecule is CCS(=O)(=O)c1cccc(NC(=O)CC(c2ccccc2)c2ccccc2)c1. The van der Waals surface area contributed by atoms with Crippen LogP contribution in [0.25, 0.3) is 0 Å². The molecule has 144 valence electrons. The molecule has 0 aromatic heterocycles. The zero-order valence-electron chi connectivity index (χ0n) is 15.7. The van der Waals surface area contributed by atoms with Crippen molar-refractivity contribution in [1.82, 2.24) is 0 Å². The molecule has 0 unspecified atom stereocenters. The maximum atomic E-state index is 12.7. The van der Waals surface area contributed by atoms with E-state index in [1.807, 2.05) is 60.7 Å². The Bertz CT molecular complexity index is 992. The van der Waals surface area contributed by atoms with Gasteiger partial charge in [0.1, 0.15) is 0 Å². The number of carbonyl (C=O) groups is 1. The van der Waals surface area contributed by atoms with E-state index in [1.54, 1.807) is 25.1 Å². The summed E-state index contributed by atoms with van der Waals surface area (Å²) in [6, 6.07) is 26.2. The summed E-state index contributed by atoms with van der Waals surface area (Å²) in [4.78, 5) is 13.0. The largest absolute Gasteiger partial charge is 0.326 e. The second kappa shape index (κ2) is 8.85. The van der Waals surface area contributed by atoms with Crippen LogP contribution in [0.2, 0.25) is 0 Å². The van der Waals surface area contributed by atoms with Crippen LogP contribution in [0.4, 0.5) is 5.69 Å². The Morgan fingerprint density at radius 2 is 1.43 bits per heavy atom. The highest BCUT2D eigenvalue weighted by molar-refractivity contribution is 7.91. The average molecular weight is 394 g/mol. The Hall–Kier alpha value is -2.92. The number of amides is 1. The molecule has 0 aliphatic heterocycles. The molecule has 0 saturated carbocycles. The minimum atomic E-state index is -3.32. The lowest BCUT2D eigenvalue weighted by molar-refractivity contribution is -0.116. The molecule has 3 rings (SSSR count). The van der Waals surface area contributed by atoms with Crippen LogP contribution in [0.5, 0.6) is 0 Å². The summed E-state index contributed by atoms with van der Waals surface area (Å²) in [5.41, 5.74) is 2.61. The first-order valence-electron chi connectivity index (χ1n) is 9.22. The van der Waals surface area contributed by atoms with Crippen molar-refractivity contribution >= 4 is 21.4 Å². The van der Waals surface area contributed by atoms with E-state index >= 15 is 0 Å². The van der Waals surface area contributed by atoms with Crippen LogP contribution in [0.1, 0.15) is 30.4 Å². The summed E-state index contributed by atoms with van der Waals surface area (Å²) in [6.07, 6.45) is 0.263. The predicted molar refractivity (Wildman–Crippen MR) is 112 cm³/mol. The number of nitrogens with one attached hydrogen (secondary N) is 1. The van der Waals surface area contributed by atoms with Gasteiger partial charge in [-0.3, -0.25) is 4.79 Å². The molecule has 0 spiro atoms. The van der Waals surface area contributed by atoms with E-state index in [-0.39, 0.29) is 28.9 Å². The van der Waals surface area contributed by atoms with E-state index < -0.39 is 9.84 Å². The molecule has 3 aromatic carbocycles. The quantitative estimate of drug-likeness (QED) is 0.636. The summed E-state index contributed by atoms with van der Waals surface area (Å²) >= 11 is 0. The highest BCUT2D eigenvalue weighted by Crippen LogP contribution is 2.28. The zero-order chi connectivity index (χ0) is 20.0. The molecule has 1 N–H and O–H groups in total. The number of sulfone groups is 1. The van der Waals surface area contributed by atoms with E-state index in [1.165, 1.54) is 6.07 Å². The highest BCUT2D eigenvalue weighted by Gasteiger charge is 2.19. The standard InChI is InChI=1S/C23H23NO3S/c1-2-28(26,27)21-15-9-14-20(16-21)24-23(25)17-22(18-10-5-3-6-11-18)19-12-7-4-8-13-19/h3-16,22H,2,17H2,1H3,(H,24,25). The second-order valence-electron chi connectivity index (χ2n) is 6.56. The van der Waals surface area contributed by atoms with Crippen molar-refractivity contribution in [1.29, 1.82) is 0 Å². The first-order valence-corrected chi connectivity index (χ1v) is 10.9. The molecule has 0 atom stereocenters. The van der Waals surface area contributed by atoms with Crippen molar-refractivity contribution in [3.8, 4) is 0 Å². The third-order valence-corrected chi connectivity index (χ3v) is 6.38. The highest BCUT2D eigenvalue weighted by atomic mass is 32.2. The lowest BCUT2D eigenvalue weighted by Gasteiger charge is -2.18. The van der Waals surface area contributed by atoms with Crippen molar-refractivity contribution in [2.24, 2.45) is 0 Å². The van der Waals surface area contributed by atoms with Gasteiger partial charge in [0.05, 0.1) is 10.6 Å². The average Bonchev–Trinajstić information content (AvgIpc) is 2.73. The fourth-order valence-corrected chi connectivity index (χ4v) is 4.06. The second-order valence-corrected chi connectivity index (χ2v) is 8.84. The summed E-state index contributed by atoms with van der Waals surface area (Å²) < 4.78 is 24.1. The molecule has 0 radical (unpaired) electrons. The molecule has 0 aliphatic rings. The van der Waals surface area contributed by atoms with Gasteiger partial charge in [0, 0.05) is 18.0 Å². The first kappa shape index (κ1) is 19.8. The number of hydrogen-bond acceptors (Lipinski definition) is 3. The molecule has 0 saturated heterocycles. The van der Waals surface area contributed by atoms with Crippen LogP contribution in [0, 0.1) is 0 Å². The summed E-state index contributed by atoms with van der Waals surface area (Å²) in [7, 11) is -3.32. The number of rotatable bonds is 7. The van der Waals surface area contributed by atoms with Gasteiger partial charge in [-0.25, -0.2) is 8.42 Å². The number of anilines is 1. The molecule has 0 heterocycles. The van der Waals surface area contributed by atoms with Crippen molar-refractivity contribution in [3.63, 3.8) is 0 Å². The number of benzene rings is 3.